The molecule has 1 aromatic carbocycles. The number of halogens is 2. The number of hydrogen-bond acceptors (Lipinski definition) is 2. The van der Waals surface area contributed by atoms with Crippen LogP contribution in [0.15, 0.2) is 29.2 Å². The summed E-state index contributed by atoms with van der Waals surface area (Å²) in [5.41, 5.74) is 1.07. The molecule has 0 aromatic heterocycles. The summed E-state index contributed by atoms with van der Waals surface area (Å²) in [5.74, 6) is -1.69. The van der Waals surface area contributed by atoms with Crippen LogP contribution >= 0.6 is 11.8 Å². The lowest BCUT2D eigenvalue weighted by atomic mass is 9.91. The topological polar surface area (TPSA) is 12.0 Å². The zero-order valence-electron chi connectivity index (χ0n) is 9.66. The maximum absolute atomic E-state index is 12.4. The third kappa shape index (κ3) is 3.96. The fourth-order valence-electron chi connectivity index (χ4n) is 2.28. The lowest BCUT2D eigenvalue weighted by molar-refractivity contribution is 0.252. The molecular formula is C13H17F2NS. The SMILES string of the molecule is FC(F)Sc1ccccc1CC1CCNCC1. The van der Waals surface area contributed by atoms with Crippen LogP contribution < -0.4 is 5.32 Å². The normalized spacial score (nSPS) is 17.6. The van der Waals surface area contributed by atoms with Crippen LogP contribution in [0.25, 0.3) is 0 Å². The molecule has 1 aliphatic rings. The van der Waals surface area contributed by atoms with Crippen molar-refractivity contribution in [2.24, 2.45) is 5.92 Å². The summed E-state index contributed by atoms with van der Waals surface area (Å²) in [6.45, 7) is 2.10. The molecule has 1 aliphatic heterocycles. The molecule has 94 valence electrons. The van der Waals surface area contributed by atoms with Crippen LogP contribution in [0.3, 0.4) is 0 Å². The van der Waals surface area contributed by atoms with Crippen LogP contribution in [0.2, 0.25) is 0 Å². The van der Waals surface area contributed by atoms with E-state index < -0.39 is 5.76 Å². The van der Waals surface area contributed by atoms with Gasteiger partial charge in [-0.1, -0.05) is 30.0 Å². The van der Waals surface area contributed by atoms with E-state index in [9.17, 15) is 8.78 Å². The second kappa shape index (κ2) is 6.36. The molecule has 1 nitrogen and oxygen atoms in total. The van der Waals surface area contributed by atoms with Gasteiger partial charge in [-0.2, -0.15) is 8.78 Å². The summed E-state index contributed by atoms with van der Waals surface area (Å²) in [5, 5.41) is 3.32. The average Bonchev–Trinajstić information content (AvgIpc) is 2.32. The minimum absolute atomic E-state index is 0.635. The van der Waals surface area contributed by atoms with Crippen LogP contribution in [-0.2, 0) is 6.42 Å². The van der Waals surface area contributed by atoms with Crippen molar-refractivity contribution < 1.29 is 8.78 Å². The van der Waals surface area contributed by atoms with Crippen molar-refractivity contribution in [2.75, 3.05) is 13.1 Å². The molecule has 0 radical (unpaired) electrons. The predicted molar refractivity (Wildman–Crippen MR) is 67.6 cm³/mol. The molecule has 2 rings (SSSR count). The van der Waals surface area contributed by atoms with E-state index in [-0.39, 0.29) is 0 Å². The minimum atomic E-state index is -2.33. The highest BCUT2D eigenvalue weighted by Crippen LogP contribution is 2.30. The second-order valence-electron chi connectivity index (χ2n) is 4.38. The van der Waals surface area contributed by atoms with E-state index in [4.69, 9.17) is 0 Å². The highest BCUT2D eigenvalue weighted by Gasteiger charge is 2.16. The van der Waals surface area contributed by atoms with E-state index in [2.05, 4.69) is 5.32 Å². The zero-order valence-corrected chi connectivity index (χ0v) is 10.5. The number of hydrogen-bond donors (Lipinski definition) is 1. The van der Waals surface area contributed by atoms with Gasteiger partial charge in [-0.15, -0.1) is 0 Å². The molecule has 4 heteroatoms. The highest BCUT2D eigenvalue weighted by atomic mass is 32.2. The fourth-order valence-corrected chi connectivity index (χ4v) is 2.93. The molecule has 1 saturated heterocycles. The number of nitrogens with one attached hydrogen (secondary N) is 1. The van der Waals surface area contributed by atoms with Gasteiger partial charge in [-0.05, 0) is 49.9 Å². The van der Waals surface area contributed by atoms with Crippen LogP contribution in [0, 0.1) is 5.92 Å². The van der Waals surface area contributed by atoms with Crippen molar-refractivity contribution in [2.45, 2.75) is 29.9 Å². The Morgan fingerprint density at radius 1 is 1.24 bits per heavy atom. The van der Waals surface area contributed by atoms with E-state index in [1.165, 1.54) is 0 Å². The van der Waals surface area contributed by atoms with Crippen molar-refractivity contribution >= 4 is 11.8 Å². The molecular weight excluding hydrogens is 240 g/mol. The van der Waals surface area contributed by atoms with Gasteiger partial charge in [0, 0.05) is 4.90 Å². The third-order valence-electron chi connectivity index (χ3n) is 3.16. The van der Waals surface area contributed by atoms with Crippen molar-refractivity contribution in [3.05, 3.63) is 29.8 Å². The van der Waals surface area contributed by atoms with E-state index in [0.717, 1.165) is 42.8 Å². The number of thioether (sulfide) groups is 1. The van der Waals surface area contributed by atoms with Gasteiger partial charge in [0.1, 0.15) is 0 Å². The Morgan fingerprint density at radius 3 is 2.65 bits per heavy atom. The fraction of sp³-hybridized carbons (Fsp3) is 0.538. The monoisotopic (exact) mass is 257 g/mol. The maximum atomic E-state index is 12.4. The van der Waals surface area contributed by atoms with Gasteiger partial charge in [0.25, 0.3) is 5.76 Å². The van der Waals surface area contributed by atoms with E-state index >= 15 is 0 Å². The molecule has 1 aromatic rings. The van der Waals surface area contributed by atoms with Gasteiger partial charge in [0.05, 0.1) is 0 Å². The number of benzene rings is 1. The smallest absolute Gasteiger partial charge is 0.288 e. The minimum Gasteiger partial charge on any atom is -0.317 e. The Hall–Kier alpha value is -0.610. The summed E-state index contributed by atoms with van der Waals surface area (Å²) in [4.78, 5) is 0.737. The number of alkyl halides is 2. The number of rotatable bonds is 4. The quantitative estimate of drug-likeness (QED) is 0.828. The summed E-state index contributed by atoms with van der Waals surface area (Å²) in [6.07, 6.45) is 3.22. The Bertz CT molecular complexity index is 351. The van der Waals surface area contributed by atoms with Crippen molar-refractivity contribution in [1.82, 2.24) is 5.32 Å². The first-order chi connectivity index (χ1) is 8.25. The standard InChI is InChI=1S/C13H17F2NS/c14-13(15)17-12-4-2-1-3-11(12)9-10-5-7-16-8-6-10/h1-4,10,13,16H,5-9H2. The van der Waals surface area contributed by atoms with Gasteiger partial charge < -0.3 is 5.32 Å². The predicted octanol–water partition coefficient (Wildman–Crippen LogP) is 3.54. The molecule has 17 heavy (non-hydrogen) atoms. The Balaban J connectivity index is 2.03. The lowest BCUT2D eigenvalue weighted by Crippen LogP contribution is -2.28. The number of piperidine rings is 1. The Morgan fingerprint density at radius 2 is 1.94 bits per heavy atom. The largest absolute Gasteiger partial charge is 0.317 e. The first-order valence-electron chi connectivity index (χ1n) is 5.99. The first kappa shape index (κ1) is 12.8. The Labute approximate surface area is 105 Å². The molecule has 0 spiro atoms. The molecule has 1 fully saturated rings. The molecule has 0 unspecified atom stereocenters. The maximum Gasteiger partial charge on any atom is 0.288 e. The van der Waals surface area contributed by atoms with Crippen LogP contribution in [0.5, 0.6) is 0 Å². The van der Waals surface area contributed by atoms with E-state index in [1.54, 1.807) is 6.07 Å². The van der Waals surface area contributed by atoms with Gasteiger partial charge in [-0.25, -0.2) is 0 Å². The van der Waals surface area contributed by atoms with Crippen molar-refractivity contribution in [3.8, 4) is 0 Å². The Kier molecular flexibility index (Phi) is 4.80. The van der Waals surface area contributed by atoms with Gasteiger partial charge in [0.15, 0.2) is 0 Å². The van der Waals surface area contributed by atoms with Crippen LogP contribution in [0.1, 0.15) is 18.4 Å². The highest BCUT2D eigenvalue weighted by molar-refractivity contribution is 7.99. The molecule has 0 atom stereocenters. The second-order valence-corrected chi connectivity index (χ2v) is 5.42. The first-order valence-corrected chi connectivity index (χ1v) is 6.87. The van der Waals surface area contributed by atoms with Crippen LogP contribution in [-0.4, -0.2) is 18.8 Å². The third-order valence-corrected chi connectivity index (χ3v) is 3.99. The molecule has 0 aliphatic carbocycles. The molecule has 0 bridgehead atoms. The molecule has 1 heterocycles. The van der Waals surface area contributed by atoms with Crippen LogP contribution in [0.4, 0.5) is 8.78 Å². The summed E-state index contributed by atoms with van der Waals surface area (Å²) in [6, 6.07) is 7.54. The summed E-state index contributed by atoms with van der Waals surface area (Å²) in [7, 11) is 0. The summed E-state index contributed by atoms with van der Waals surface area (Å²) >= 11 is 0.665. The van der Waals surface area contributed by atoms with Crippen molar-refractivity contribution in [1.29, 1.82) is 0 Å². The molecule has 0 saturated carbocycles. The van der Waals surface area contributed by atoms with Gasteiger partial charge in [0.2, 0.25) is 0 Å². The van der Waals surface area contributed by atoms with Gasteiger partial charge >= 0.3 is 0 Å². The van der Waals surface area contributed by atoms with E-state index in [1.807, 2.05) is 18.2 Å². The van der Waals surface area contributed by atoms with Gasteiger partial charge in [-0.3, -0.25) is 0 Å². The summed E-state index contributed by atoms with van der Waals surface area (Å²) < 4.78 is 24.9. The zero-order chi connectivity index (χ0) is 12.1. The lowest BCUT2D eigenvalue weighted by Gasteiger charge is -2.23. The molecule has 0 amide bonds. The average molecular weight is 257 g/mol. The van der Waals surface area contributed by atoms with Crippen molar-refractivity contribution in [3.63, 3.8) is 0 Å². The van der Waals surface area contributed by atoms with E-state index in [0.29, 0.717) is 17.7 Å². The molecule has 1 N–H and O–H groups in total.